The Hall–Kier alpha value is -2.31. The second-order valence-electron chi connectivity index (χ2n) is 5.62. The van der Waals surface area contributed by atoms with Gasteiger partial charge in [-0.15, -0.1) is 11.3 Å². The van der Waals surface area contributed by atoms with E-state index in [-0.39, 0.29) is 11.8 Å². The molecule has 0 aliphatic carbocycles. The molecular formula is C18H18ClN3O2S. The van der Waals surface area contributed by atoms with E-state index >= 15 is 0 Å². The van der Waals surface area contributed by atoms with Crippen LogP contribution in [-0.4, -0.2) is 42.9 Å². The number of anilines is 2. The molecule has 1 aliphatic rings. The zero-order chi connectivity index (χ0) is 17.8. The van der Waals surface area contributed by atoms with Gasteiger partial charge in [0.05, 0.1) is 5.02 Å². The number of carbonyl (C=O) groups is 2. The first-order chi connectivity index (χ1) is 12.1. The van der Waals surface area contributed by atoms with Gasteiger partial charge in [0.2, 0.25) is 5.91 Å². The maximum absolute atomic E-state index is 12.2. The third kappa shape index (κ3) is 4.03. The SMILES string of the molecule is C=CC(=O)N1CCN(c2ccc(NC(=O)c3sccc3Cl)cc2)CC1. The summed E-state index contributed by atoms with van der Waals surface area (Å²) in [7, 11) is 0. The fourth-order valence-corrected chi connectivity index (χ4v) is 3.75. The molecule has 2 heterocycles. The molecule has 0 atom stereocenters. The van der Waals surface area contributed by atoms with Crippen molar-refractivity contribution in [3.63, 3.8) is 0 Å². The largest absolute Gasteiger partial charge is 0.368 e. The topological polar surface area (TPSA) is 52.7 Å². The van der Waals surface area contributed by atoms with Gasteiger partial charge in [-0.2, -0.15) is 0 Å². The zero-order valence-electron chi connectivity index (χ0n) is 13.6. The van der Waals surface area contributed by atoms with E-state index in [2.05, 4.69) is 16.8 Å². The van der Waals surface area contributed by atoms with Crippen LogP contribution < -0.4 is 10.2 Å². The number of benzene rings is 1. The number of hydrogen-bond acceptors (Lipinski definition) is 4. The molecule has 7 heteroatoms. The van der Waals surface area contributed by atoms with E-state index in [1.807, 2.05) is 24.3 Å². The highest BCUT2D eigenvalue weighted by molar-refractivity contribution is 7.12. The van der Waals surface area contributed by atoms with Crippen LogP contribution in [0.2, 0.25) is 5.02 Å². The molecule has 1 fully saturated rings. The monoisotopic (exact) mass is 375 g/mol. The van der Waals surface area contributed by atoms with E-state index in [0.717, 1.165) is 24.5 Å². The van der Waals surface area contributed by atoms with E-state index in [9.17, 15) is 9.59 Å². The summed E-state index contributed by atoms with van der Waals surface area (Å²) in [6.45, 7) is 6.43. The Bertz CT molecular complexity index is 780. The van der Waals surface area contributed by atoms with Crippen LogP contribution >= 0.6 is 22.9 Å². The third-order valence-corrected chi connectivity index (χ3v) is 5.42. The minimum absolute atomic E-state index is 0.0232. The fourth-order valence-electron chi connectivity index (χ4n) is 2.71. The number of piperazine rings is 1. The Kier molecular flexibility index (Phi) is 5.40. The van der Waals surface area contributed by atoms with Crippen molar-refractivity contribution in [2.24, 2.45) is 0 Å². The summed E-state index contributed by atoms with van der Waals surface area (Å²) in [5.41, 5.74) is 1.79. The summed E-state index contributed by atoms with van der Waals surface area (Å²) in [6.07, 6.45) is 1.35. The molecular weight excluding hydrogens is 358 g/mol. The smallest absolute Gasteiger partial charge is 0.267 e. The number of nitrogens with zero attached hydrogens (tertiary/aromatic N) is 2. The van der Waals surface area contributed by atoms with Crippen molar-refractivity contribution >= 4 is 46.1 Å². The maximum atomic E-state index is 12.2. The molecule has 1 saturated heterocycles. The minimum atomic E-state index is -0.204. The molecule has 1 aromatic heterocycles. The van der Waals surface area contributed by atoms with Gasteiger partial charge >= 0.3 is 0 Å². The van der Waals surface area contributed by atoms with Crippen molar-refractivity contribution in [1.82, 2.24) is 4.90 Å². The third-order valence-electron chi connectivity index (χ3n) is 4.08. The number of nitrogens with one attached hydrogen (secondary N) is 1. The molecule has 5 nitrogen and oxygen atoms in total. The summed E-state index contributed by atoms with van der Waals surface area (Å²) >= 11 is 7.30. The Labute approximate surface area is 155 Å². The predicted octanol–water partition coefficient (Wildman–Crippen LogP) is 3.49. The number of halogens is 1. The van der Waals surface area contributed by atoms with Crippen molar-refractivity contribution in [2.45, 2.75) is 0 Å². The van der Waals surface area contributed by atoms with Gasteiger partial charge in [0.1, 0.15) is 4.88 Å². The molecule has 2 aromatic rings. The lowest BCUT2D eigenvalue weighted by Crippen LogP contribution is -2.48. The van der Waals surface area contributed by atoms with E-state index < -0.39 is 0 Å². The van der Waals surface area contributed by atoms with Crippen LogP contribution in [0.4, 0.5) is 11.4 Å². The number of thiophene rings is 1. The minimum Gasteiger partial charge on any atom is -0.368 e. The lowest BCUT2D eigenvalue weighted by molar-refractivity contribution is -0.126. The van der Waals surface area contributed by atoms with Crippen LogP contribution in [0.25, 0.3) is 0 Å². The molecule has 1 aromatic carbocycles. The second-order valence-corrected chi connectivity index (χ2v) is 6.94. The highest BCUT2D eigenvalue weighted by Crippen LogP contribution is 2.24. The molecule has 130 valence electrons. The quantitative estimate of drug-likeness (QED) is 0.832. The lowest BCUT2D eigenvalue weighted by Gasteiger charge is -2.35. The van der Waals surface area contributed by atoms with Gasteiger partial charge in [-0.05, 0) is 41.8 Å². The first kappa shape index (κ1) is 17.5. The van der Waals surface area contributed by atoms with Gasteiger partial charge in [-0.1, -0.05) is 18.2 Å². The fraction of sp³-hybridized carbons (Fsp3) is 0.222. The Morgan fingerprint density at radius 2 is 1.80 bits per heavy atom. The van der Waals surface area contributed by atoms with Gasteiger partial charge in [0.25, 0.3) is 5.91 Å². The Balaban J connectivity index is 1.59. The van der Waals surface area contributed by atoms with Gasteiger partial charge < -0.3 is 15.1 Å². The first-order valence-electron chi connectivity index (χ1n) is 7.89. The number of carbonyl (C=O) groups excluding carboxylic acids is 2. The standard InChI is InChI=1S/C18H18ClN3O2S/c1-2-16(23)22-10-8-21(9-11-22)14-5-3-13(4-6-14)20-18(24)17-15(19)7-12-25-17/h2-7,12H,1,8-11H2,(H,20,24). The zero-order valence-corrected chi connectivity index (χ0v) is 15.1. The number of hydrogen-bond donors (Lipinski definition) is 1. The van der Waals surface area contributed by atoms with Crippen LogP contribution in [0.1, 0.15) is 9.67 Å². The molecule has 1 N–H and O–H groups in total. The van der Waals surface area contributed by atoms with Gasteiger partial charge in [-0.25, -0.2) is 0 Å². The molecule has 2 amide bonds. The summed E-state index contributed by atoms with van der Waals surface area (Å²) in [5, 5.41) is 5.10. The number of rotatable bonds is 4. The van der Waals surface area contributed by atoms with Gasteiger partial charge in [0.15, 0.2) is 0 Å². The second kappa shape index (κ2) is 7.72. The van der Waals surface area contributed by atoms with E-state index in [4.69, 9.17) is 11.6 Å². The summed E-state index contributed by atoms with van der Waals surface area (Å²) in [5.74, 6) is -0.228. The maximum Gasteiger partial charge on any atom is 0.267 e. The Morgan fingerprint density at radius 3 is 2.36 bits per heavy atom. The molecule has 0 spiro atoms. The van der Waals surface area contributed by atoms with Crippen LogP contribution in [0.3, 0.4) is 0 Å². The summed E-state index contributed by atoms with van der Waals surface area (Å²) < 4.78 is 0. The Morgan fingerprint density at radius 1 is 1.12 bits per heavy atom. The average molecular weight is 376 g/mol. The van der Waals surface area contributed by atoms with E-state index in [1.54, 1.807) is 16.3 Å². The summed E-state index contributed by atoms with van der Waals surface area (Å²) in [4.78, 5) is 28.3. The molecule has 3 rings (SSSR count). The highest BCUT2D eigenvalue weighted by Gasteiger charge is 2.19. The highest BCUT2D eigenvalue weighted by atomic mass is 35.5. The van der Waals surface area contributed by atoms with Gasteiger partial charge in [-0.3, -0.25) is 9.59 Å². The van der Waals surface area contributed by atoms with Crippen LogP contribution in [0, 0.1) is 0 Å². The van der Waals surface area contributed by atoms with E-state index in [0.29, 0.717) is 23.0 Å². The summed E-state index contributed by atoms with van der Waals surface area (Å²) in [6, 6.07) is 9.39. The lowest BCUT2D eigenvalue weighted by atomic mass is 10.2. The van der Waals surface area contributed by atoms with E-state index in [1.165, 1.54) is 17.4 Å². The van der Waals surface area contributed by atoms with Crippen molar-refractivity contribution in [1.29, 1.82) is 0 Å². The normalized spacial score (nSPS) is 14.3. The van der Waals surface area contributed by atoms with Gasteiger partial charge in [0, 0.05) is 37.6 Å². The van der Waals surface area contributed by atoms with Crippen molar-refractivity contribution < 1.29 is 9.59 Å². The first-order valence-corrected chi connectivity index (χ1v) is 9.15. The van der Waals surface area contributed by atoms with Crippen LogP contribution in [-0.2, 0) is 4.79 Å². The van der Waals surface area contributed by atoms with Crippen molar-refractivity contribution in [2.75, 3.05) is 36.4 Å². The molecule has 0 saturated carbocycles. The van der Waals surface area contributed by atoms with Crippen LogP contribution in [0.15, 0.2) is 48.4 Å². The molecule has 1 aliphatic heterocycles. The predicted molar refractivity (Wildman–Crippen MR) is 103 cm³/mol. The molecule has 0 unspecified atom stereocenters. The molecule has 25 heavy (non-hydrogen) atoms. The van der Waals surface area contributed by atoms with Crippen molar-refractivity contribution in [3.8, 4) is 0 Å². The molecule has 0 bridgehead atoms. The number of amides is 2. The average Bonchev–Trinajstić information content (AvgIpc) is 3.08. The van der Waals surface area contributed by atoms with Crippen molar-refractivity contribution in [3.05, 3.63) is 58.3 Å². The molecule has 0 radical (unpaired) electrons. The van der Waals surface area contributed by atoms with Crippen LogP contribution in [0.5, 0.6) is 0 Å².